The molecule has 0 saturated heterocycles. The molecular formula is C3H7N2OS. The summed E-state index contributed by atoms with van der Waals surface area (Å²) in [7, 11) is 0. The molecule has 0 aliphatic carbocycles. The van der Waals surface area contributed by atoms with Crippen molar-refractivity contribution in [2.45, 2.75) is 0 Å². The van der Waals surface area contributed by atoms with Gasteiger partial charge in [-0.3, -0.25) is 4.31 Å². The van der Waals surface area contributed by atoms with Crippen LogP contribution in [0.5, 0.6) is 0 Å². The van der Waals surface area contributed by atoms with Gasteiger partial charge in [0.1, 0.15) is 0 Å². The Bertz CT molecular complexity index is 75.3. The van der Waals surface area contributed by atoms with Gasteiger partial charge in [0, 0.05) is 6.54 Å². The number of rotatable bonds is 1. The van der Waals surface area contributed by atoms with E-state index in [0.29, 0.717) is 6.54 Å². The first-order valence-electron chi connectivity index (χ1n) is 1.73. The van der Waals surface area contributed by atoms with Crippen LogP contribution >= 0.6 is 12.8 Å². The molecule has 0 bridgehead atoms. The van der Waals surface area contributed by atoms with Crippen LogP contribution in [0.4, 0.5) is 4.79 Å². The summed E-state index contributed by atoms with van der Waals surface area (Å²) in [6.07, 6.45) is 0. The second-order valence-electron chi connectivity index (χ2n) is 0.961. The fourth-order valence-corrected chi connectivity index (χ4v) is 0.110. The van der Waals surface area contributed by atoms with Crippen LogP contribution in [0.3, 0.4) is 0 Å². The van der Waals surface area contributed by atoms with Gasteiger partial charge in [-0.05, 0) is 6.92 Å². The molecule has 0 aromatic carbocycles. The Hall–Kier alpha value is -0.380. The fourth-order valence-electron chi connectivity index (χ4n) is 0.110. The quantitative estimate of drug-likeness (QED) is 0.470. The molecule has 0 atom stereocenters. The minimum absolute atomic E-state index is 0.290. The molecule has 1 radical (unpaired) electrons. The number of carbonyl (C=O) groups is 1. The Morgan fingerprint density at radius 1 is 2.00 bits per heavy atom. The molecular weight excluding hydrogens is 112 g/mol. The average molecular weight is 119 g/mol. The summed E-state index contributed by atoms with van der Waals surface area (Å²) in [5.41, 5.74) is 4.72. The zero-order chi connectivity index (χ0) is 5.86. The molecule has 3 nitrogen and oxygen atoms in total. The molecule has 0 aliphatic rings. The highest BCUT2D eigenvalue weighted by atomic mass is 32.1. The number of amides is 2. The maximum Gasteiger partial charge on any atom is 0.324 e. The SMILES string of the molecule is [CH2]CN(S)C(N)=O. The standard InChI is InChI=1S/C3H7N2OS/c1-2-5(7)3(4)6/h7H,1-2H2,(H2,4,6). The average Bonchev–Trinajstić information content (AvgIpc) is 1.65. The topological polar surface area (TPSA) is 46.3 Å². The van der Waals surface area contributed by atoms with E-state index >= 15 is 0 Å². The van der Waals surface area contributed by atoms with Crippen molar-refractivity contribution in [3.63, 3.8) is 0 Å². The number of primary amides is 1. The molecule has 7 heavy (non-hydrogen) atoms. The highest BCUT2D eigenvalue weighted by Crippen LogP contribution is 1.87. The first-order valence-corrected chi connectivity index (χ1v) is 2.13. The zero-order valence-electron chi connectivity index (χ0n) is 3.79. The largest absolute Gasteiger partial charge is 0.351 e. The van der Waals surface area contributed by atoms with Crippen molar-refractivity contribution in [3.05, 3.63) is 6.92 Å². The minimum atomic E-state index is -0.571. The van der Waals surface area contributed by atoms with Crippen LogP contribution in [0.15, 0.2) is 0 Å². The molecule has 0 unspecified atom stereocenters. The van der Waals surface area contributed by atoms with Crippen LogP contribution in [-0.2, 0) is 0 Å². The lowest BCUT2D eigenvalue weighted by Crippen LogP contribution is -2.27. The maximum atomic E-state index is 9.96. The number of hydrogen-bond acceptors (Lipinski definition) is 2. The van der Waals surface area contributed by atoms with E-state index in [1.54, 1.807) is 0 Å². The Balaban J connectivity index is 3.34. The Morgan fingerprint density at radius 3 is 2.43 bits per heavy atom. The van der Waals surface area contributed by atoms with Crippen LogP contribution < -0.4 is 5.73 Å². The molecule has 4 heteroatoms. The van der Waals surface area contributed by atoms with Gasteiger partial charge in [0.2, 0.25) is 0 Å². The van der Waals surface area contributed by atoms with Crippen molar-refractivity contribution in [2.24, 2.45) is 5.73 Å². The van der Waals surface area contributed by atoms with Gasteiger partial charge in [-0.1, -0.05) is 12.8 Å². The first kappa shape index (κ1) is 6.62. The summed E-state index contributed by atoms with van der Waals surface area (Å²) in [5, 5.41) is 0. The second kappa shape index (κ2) is 2.74. The predicted octanol–water partition coefficient (Wildman–Crippen LogP) is 0.0460. The highest BCUT2D eigenvalue weighted by molar-refractivity contribution is 7.78. The molecule has 0 aliphatic heterocycles. The van der Waals surface area contributed by atoms with Crippen LogP contribution in [0.2, 0.25) is 0 Å². The van der Waals surface area contributed by atoms with Crippen molar-refractivity contribution in [3.8, 4) is 0 Å². The van der Waals surface area contributed by atoms with E-state index in [4.69, 9.17) is 5.73 Å². The van der Waals surface area contributed by atoms with E-state index in [1.165, 1.54) is 0 Å². The van der Waals surface area contributed by atoms with Crippen LogP contribution in [-0.4, -0.2) is 16.9 Å². The monoisotopic (exact) mass is 119 g/mol. The Labute approximate surface area is 48.0 Å². The zero-order valence-corrected chi connectivity index (χ0v) is 4.69. The molecule has 41 valence electrons. The van der Waals surface area contributed by atoms with Gasteiger partial charge in [-0.2, -0.15) is 0 Å². The minimum Gasteiger partial charge on any atom is -0.351 e. The van der Waals surface area contributed by atoms with Gasteiger partial charge in [0.15, 0.2) is 0 Å². The second-order valence-corrected chi connectivity index (χ2v) is 1.44. The van der Waals surface area contributed by atoms with E-state index in [2.05, 4.69) is 19.7 Å². The van der Waals surface area contributed by atoms with Crippen molar-refractivity contribution < 1.29 is 4.79 Å². The van der Waals surface area contributed by atoms with Gasteiger partial charge in [0.05, 0.1) is 0 Å². The van der Waals surface area contributed by atoms with E-state index in [0.717, 1.165) is 4.31 Å². The van der Waals surface area contributed by atoms with Gasteiger partial charge >= 0.3 is 6.03 Å². The summed E-state index contributed by atoms with van der Waals surface area (Å²) in [6.45, 7) is 3.65. The van der Waals surface area contributed by atoms with Gasteiger partial charge in [-0.25, -0.2) is 4.79 Å². The number of carbonyl (C=O) groups excluding carboxylic acids is 1. The summed E-state index contributed by atoms with van der Waals surface area (Å²) < 4.78 is 1.01. The number of urea groups is 1. The first-order chi connectivity index (χ1) is 3.18. The molecule has 0 rings (SSSR count). The lowest BCUT2D eigenvalue weighted by atomic mass is 10.7. The summed E-state index contributed by atoms with van der Waals surface area (Å²) in [6, 6.07) is -0.571. The number of thiol groups is 1. The van der Waals surface area contributed by atoms with Crippen LogP contribution in [0.1, 0.15) is 0 Å². The smallest absolute Gasteiger partial charge is 0.324 e. The number of nitrogens with two attached hydrogens (primary N) is 1. The van der Waals surface area contributed by atoms with Gasteiger partial charge in [0.25, 0.3) is 0 Å². The molecule has 0 heterocycles. The third-order valence-electron chi connectivity index (χ3n) is 0.466. The van der Waals surface area contributed by atoms with Crippen molar-refractivity contribution in [2.75, 3.05) is 6.54 Å². The fraction of sp³-hybridized carbons (Fsp3) is 0.333. The van der Waals surface area contributed by atoms with E-state index in [9.17, 15) is 4.79 Å². The molecule has 0 spiro atoms. The normalized spacial score (nSPS) is 8.29. The Morgan fingerprint density at radius 2 is 2.43 bits per heavy atom. The molecule has 2 amide bonds. The molecule has 0 aromatic heterocycles. The maximum absolute atomic E-state index is 9.96. The van der Waals surface area contributed by atoms with Crippen molar-refractivity contribution >= 4 is 18.8 Å². The van der Waals surface area contributed by atoms with Gasteiger partial charge < -0.3 is 5.73 Å². The van der Waals surface area contributed by atoms with Crippen LogP contribution in [0.25, 0.3) is 0 Å². The lowest BCUT2D eigenvalue weighted by Gasteiger charge is -2.06. The van der Waals surface area contributed by atoms with E-state index < -0.39 is 6.03 Å². The third kappa shape index (κ3) is 2.33. The predicted molar refractivity (Wildman–Crippen MR) is 30.6 cm³/mol. The highest BCUT2D eigenvalue weighted by Gasteiger charge is 1.96. The lowest BCUT2D eigenvalue weighted by molar-refractivity contribution is 0.237. The summed E-state index contributed by atoms with van der Waals surface area (Å²) in [4.78, 5) is 9.96. The van der Waals surface area contributed by atoms with E-state index in [1.807, 2.05) is 0 Å². The molecule has 2 N–H and O–H groups in total. The third-order valence-corrected chi connectivity index (χ3v) is 0.863. The Kier molecular flexibility index (Phi) is 2.59. The van der Waals surface area contributed by atoms with Crippen molar-refractivity contribution in [1.29, 1.82) is 0 Å². The van der Waals surface area contributed by atoms with Crippen molar-refractivity contribution in [1.82, 2.24) is 4.31 Å². The number of nitrogens with zero attached hydrogens (tertiary/aromatic N) is 1. The molecule has 0 aromatic rings. The van der Waals surface area contributed by atoms with E-state index in [-0.39, 0.29) is 0 Å². The van der Waals surface area contributed by atoms with Crippen LogP contribution in [0, 0.1) is 6.92 Å². The summed E-state index contributed by atoms with van der Waals surface area (Å²) in [5.74, 6) is 0. The number of hydrogen-bond donors (Lipinski definition) is 2. The molecule has 0 saturated carbocycles. The molecule has 0 fully saturated rings. The van der Waals surface area contributed by atoms with Gasteiger partial charge in [-0.15, -0.1) is 0 Å². The summed E-state index contributed by atoms with van der Waals surface area (Å²) >= 11 is 3.62.